The zero-order valence-electron chi connectivity index (χ0n) is 16.6. The first-order valence-corrected chi connectivity index (χ1v) is 9.12. The van der Waals surface area contributed by atoms with Crippen LogP contribution in [0.4, 0.5) is 28.7 Å². The van der Waals surface area contributed by atoms with Gasteiger partial charge >= 0.3 is 11.7 Å². The van der Waals surface area contributed by atoms with Crippen molar-refractivity contribution in [3.05, 3.63) is 86.2 Å². The van der Waals surface area contributed by atoms with Gasteiger partial charge < -0.3 is 10.4 Å². The molecule has 0 radical (unpaired) electrons. The topological polar surface area (TPSA) is 203 Å². The summed E-state index contributed by atoms with van der Waals surface area (Å²) in [6.45, 7) is 0. The average molecular weight is 453 g/mol. The van der Waals surface area contributed by atoms with Gasteiger partial charge in [-0.3, -0.25) is 35.9 Å². The number of amides is 1. The van der Waals surface area contributed by atoms with E-state index >= 15 is 0 Å². The van der Waals surface area contributed by atoms with Gasteiger partial charge in [-0.1, -0.05) is 12.1 Å². The molecule has 0 saturated carbocycles. The van der Waals surface area contributed by atoms with Crippen molar-refractivity contribution in [2.75, 3.05) is 10.7 Å². The Hall–Kier alpha value is -5.14. The molecule has 0 atom stereocenters. The van der Waals surface area contributed by atoms with Crippen LogP contribution < -0.4 is 16.2 Å². The smallest absolute Gasteiger partial charge is 0.355 e. The minimum Gasteiger partial charge on any atom is -0.478 e. The molecule has 14 heteroatoms. The predicted molar refractivity (Wildman–Crippen MR) is 114 cm³/mol. The van der Waals surface area contributed by atoms with Crippen molar-refractivity contribution >= 4 is 40.6 Å². The molecule has 33 heavy (non-hydrogen) atoms. The van der Waals surface area contributed by atoms with E-state index in [-0.39, 0.29) is 29.3 Å². The van der Waals surface area contributed by atoms with Gasteiger partial charge in [-0.15, -0.1) is 0 Å². The zero-order chi connectivity index (χ0) is 24.0. The summed E-state index contributed by atoms with van der Waals surface area (Å²) < 4.78 is 0. The zero-order valence-corrected chi connectivity index (χ0v) is 16.6. The number of benzene rings is 2. The van der Waals surface area contributed by atoms with E-state index in [0.29, 0.717) is 11.3 Å². The number of anilines is 3. The van der Waals surface area contributed by atoms with Gasteiger partial charge in [0.1, 0.15) is 6.33 Å². The number of hydrogen-bond acceptors (Lipinski definition) is 10. The summed E-state index contributed by atoms with van der Waals surface area (Å²) in [4.78, 5) is 51.7. The second-order valence-corrected chi connectivity index (χ2v) is 6.46. The van der Waals surface area contributed by atoms with Crippen LogP contribution in [-0.2, 0) is 11.2 Å². The number of rotatable bonds is 9. The van der Waals surface area contributed by atoms with Crippen LogP contribution in [0.2, 0.25) is 0 Å². The van der Waals surface area contributed by atoms with Crippen LogP contribution in [0.15, 0.2) is 54.9 Å². The molecule has 0 unspecified atom stereocenters. The fourth-order valence-electron chi connectivity index (χ4n) is 2.66. The number of aromatic nitrogens is 2. The standard InChI is InChI=1S/C19H15N7O7/c27-15(9-11-1-7-14(8-2-11)25(30)31)23-24-18-16(26(32)33)17(20-10-21-18)22-13-5-3-12(4-6-13)19(28)29/h1-8,10H,9H2,(H,23,27)(H,28,29)(H2,20,21,22,24). The molecule has 14 nitrogen and oxygen atoms in total. The van der Waals surface area contributed by atoms with Crippen LogP contribution in [0.1, 0.15) is 15.9 Å². The number of non-ortho nitro benzene ring substituents is 1. The van der Waals surface area contributed by atoms with E-state index in [0.717, 1.165) is 6.33 Å². The lowest BCUT2D eigenvalue weighted by atomic mass is 10.1. The highest BCUT2D eigenvalue weighted by molar-refractivity contribution is 5.88. The van der Waals surface area contributed by atoms with Gasteiger partial charge in [0, 0.05) is 17.8 Å². The third-order valence-corrected chi connectivity index (χ3v) is 4.23. The lowest BCUT2D eigenvalue weighted by molar-refractivity contribution is -0.384. The normalized spacial score (nSPS) is 10.2. The maximum absolute atomic E-state index is 12.2. The number of carboxylic acids is 1. The minimum atomic E-state index is -1.12. The molecule has 4 N–H and O–H groups in total. The van der Waals surface area contributed by atoms with Crippen LogP contribution in [0.25, 0.3) is 0 Å². The Morgan fingerprint density at radius 2 is 1.55 bits per heavy atom. The quantitative estimate of drug-likeness (QED) is 0.273. The number of nitro groups is 2. The monoisotopic (exact) mass is 453 g/mol. The van der Waals surface area contributed by atoms with Crippen LogP contribution in [-0.4, -0.2) is 36.8 Å². The fraction of sp³-hybridized carbons (Fsp3) is 0.0526. The summed E-state index contributed by atoms with van der Waals surface area (Å²) in [7, 11) is 0. The molecule has 1 aromatic heterocycles. The summed E-state index contributed by atoms with van der Waals surface area (Å²) in [5.74, 6) is -2.18. The lowest BCUT2D eigenvalue weighted by Crippen LogP contribution is -2.31. The number of aromatic carboxylic acids is 1. The predicted octanol–water partition coefficient (Wildman–Crippen LogP) is 2.42. The van der Waals surface area contributed by atoms with Gasteiger partial charge in [-0.2, -0.15) is 0 Å². The minimum absolute atomic E-state index is 0.0378. The van der Waals surface area contributed by atoms with Crippen molar-refractivity contribution in [2.24, 2.45) is 0 Å². The number of nitro benzene ring substituents is 1. The molecule has 2 aromatic carbocycles. The highest BCUT2D eigenvalue weighted by Gasteiger charge is 2.23. The molecule has 0 aliphatic heterocycles. The number of carbonyl (C=O) groups is 2. The van der Waals surface area contributed by atoms with E-state index in [1.54, 1.807) is 0 Å². The third kappa shape index (κ3) is 5.72. The highest BCUT2D eigenvalue weighted by atomic mass is 16.6. The summed E-state index contributed by atoms with van der Waals surface area (Å²) in [5, 5.41) is 33.9. The first kappa shape index (κ1) is 22.5. The second-order valence-electron chi connectivity index (χ2n) is 6.46. The van der Waals surface area contributed by atoms with E-state index in [1.165, 1.54) is 48.5 Å². The Kier molecular flexibility index (Phi) is 6.68. The van der Waals surface area contributed by atoms with Crippen molar-refractivity contribution in [1.29, 1.82) is 0 Å². The number of hydrogen-bond donors (Lipinski definition) is 4. The molecule has 0 aliphatic rings. The van der Waals surface area contributed by atoms with Crippen molar-refractivity contribution < 1.29 is 24.5 Å². The first-order valence-electron chi connectivity index (χ1n) is 9.12. The first-order chi connectivity index (χ1) is 15.7. The Bertz CT molecular complexity index is 1210. The molecule has 0 aliphatic carbocycles. The molecule has 168 valence electrons. The summed E-state index contributed by atoms with van der Waals surface area (Å²) in [6.07, 6.45) is 0.886. The molecule has 1 amide bonds. The van der Waals surface area contributed by atoms with Crippen molar-refractivity contribution in [3.8, 4) is 0 Å². The SMILES string of the molecule is O=C(Cc1ccc([N+](=O)[O-])cc1)NNc1ncnc(Nc2ccc(C(=O)O)cc2)c1[N+](=O)[O-]. The van der Waals surface area contributed by atoms with Gasteiger partial charge in [0.25, 0.3) is 5.69 Å². The molecule has 0 bridgehead atoms. The maximum Gasteiger partial charge on any atom is 0.355 e. The summed E-state index contributed by atoms with van der Waals surface area (Å²) in [6, 6.07) is 10.8. The number of carboxylic acid groups (broad SMARTS) is 1. The van der Waals surface area contributed by atoms with Crippen molar-refractivity contribution in [1.82, 2.24) is 15.4 Å². The van der Waals surface area contributed by atoms with E-state index in [1.807, 2.05) is 0 Å². The lowest BCUT2D eigenvalue weighted by Gasteiger charge is -2.11. The Balaban J connectivity index is 1.71. The Labute approximate surface area is 184 Å². The largest absolute Gasteiger partial charge is 0.478 e. The van der Waals surface area contributed by atoms with Gasteiger partial charge in [0.05, 0.1) is 21.8 Å². The molecular weight excluding hydrogens is 438 g/mol. The number of hydrazine groups is 1. The molecule has 0 saturated heterocycles. The molecule has 3 aromatic rings. The fourth-order valence-corrected chi connectivity index (χ4v) is 2.66. The molecular formula is C19H15N7O7. The van der Waals surface area contributed by atoms with Crippen LogP contribution in [0.3, 0.4) is 0 Å². The molecule has 1 heterocycles. The highest BCUT2D eigenvalue weighted by Crippen LogP contribution is 2.30. The Morgan fingerprint density at radius 1 is 0.909 bits per heavy atom. The van der Waals surface area contributed by atoms with Gasteiger partial charge in [-0.25, -0.2) is 14.8 Å². The number of nitrogens with zero attached hydrogens (tertiary/aromatic N) is 4. The van der Waals surface area contributed by atoms with E-state index in [2.05, 4.69) is 26.1 Å². The number of nitrogens with one attached hydrogen (secondary N) is 3. The van der Waals surface area contributed by atoms with Crippen LogP contribution >= 0.6 is 0 Å². The van der Waals surface area contributed by atoms with E-state index in [9.17, 15) is 29.8 Å². The van der Waals surface area contributed by atoms with Gasteiger partial charge in [0.15, 0.2) is 0 Å². The Morgan fingerprint density at radius 3 is 2.12 bits per heavy atom. The van der Waals surface area contributed by atoms with Gasteiger partial charge in [0.2, 0.25) is 17.5 Å². The van der Waals surface area contributed by atoms with Crippen molar-refractivity contribution in [2.45, 2.75) is 6.42 Å². The van der Waals surface area contributed by atoms with Crippen molar-refractivity contribution in [3.63, 3.8) is 0 Å². The van der Waals surface area contributed by atoms with Crippen LogP contribution in [0.5, 0.6) is 0 Å². The average Bonchev–Trinajstić information content (AvgIpc) is 2.78. The summed E-state index contributed by atoms with van der Waals surface area (Å²) >= 11 is 0. The molecule has 0 fully saturated rings. The molecule has 3 rings (SSSR count). The molecule has 0 spiro atoms. The van der Waals surface area contributed by atoms with E-state index in [4.69, 9.17) is 5.11 Å². The van der Waals surface area contributed by atoms with Gasteiger partial charge in [-0.05, 0) is 29.8 Å². The van der Waals surface area contributed by atoms with Crippen LogP contribution in [0, 0.1) is 20.2 Å². The van der Waals surface area contributed by atoms with E-state index < -0.39 is 27.4 Å². The number of carbonyl (C=O) groups excluding carboxylic acids is 1. The maximum atomic E-state index is 12.2. The second kappa shape index (κ2) is 9.78. The summed E-state index contributed by atoms with van der Waals surface area (Å²) in [5.41, 5.74) is 4.85. The third-order valence-electron chi connectivity index (χ3n) is 4.23.